The van der Waals surface area contributed by atoms with Gasteiger partial charge in [0.15, 0.2) is 0 Å². The van der Waals surface area contributed by atoms with Crippen molar-refractivity contribution >= 4 is 39.1 Å². The van der Waals surface area contributed by atoms with Gasteiger partial charge >= 0.3 is 0 Å². The number of aromatic nitrogens is 2. The quantitative estimate of drug-likeness (QED) is 0.718. The summed E-state index contributed by atoms with van der Waals surface area (Å²) in [5.41, 5.74) is 1.95. The molecule has 1 saturated heterocycles. The molecule has 1 aliphatic heterocycles. The van der Waals surface area contributed by atoms with Crippen LogP contribution < -0.4 is 10.6 Å². The molecule has 4 rings (SSSR count). The molecule has 2 aromatic heterocycles. The zero-order valence-electron chi connectivity index (χ0n) is 14.6. The summed E-state index contributed by atoms with van der Waals surface area (Å²) >= 11 is 7.78. The minimum Gasteiger partial charge on any atom is -0.347 e. The second-order valence-electron chi connectivity index (χ2n) is 6.68. The van der Waals surface area contributed by atoms with Crippen LogP contribution in [0.3, 0.4) is 0 Å². The average Bonchev–Trinajstić information content (AvgIpc) is 3.20. The summed E-state index contributed by atoms with van der Waals surface area (Å²) in [4.78, 5) is 14.4. The van der Waals surface area contributed by atoms with Crippen LogP contribution in [-0.2, 0) is 6.54 Å². The minimum absolute atomic E-state index is 0.00333. The van der Waals surface area contributed by atoms with Crippen LogP contribution in [0, 0.1) is 6.92 Å². The van der Waals surface area contributed by atoms with Crippen LogP contribution in [0.15, 0.2) is 30.3 Å². The summed E-state index contributed by atoms with van der Waals surface area (Å²) in [5, 5.41) is 12.9. The Hall–Kier alpha value is -1.89. The number of piperidine rings is 1. The number of fused-ring (bicyclic) bond motifs is 1. The van der Waals surface area contributed by atoms with Gasteiger partial charge in [0.25, 0.3) is 5.91 Å². The van der Waals surface area contributed by atoms with Gasteiger partial charge in [-0.1, -0.05) is 29.8 Å². The Bertz CT molecular complexity index is 942. The molecule has 2 N–H and O–H groups in total. The Labute approximate surface area is 161 Å². The van der Waals surface area contributed by atoms with Crippen LogP contribution in [0.2, 0.25) is 5.02 Å². The van der Waals surface area contributed by atoms with E-state index in [0.29, 0.717) is 6.54 Å². The van der Waals surface area contributed by atoms with Crippen LogP contribution in [-0.4, -0.2) is 34.8 Å². The lowest BCUT2D eigenvalue weighted by atomic mass is 10.1. The highest BCUT2D eigenvalue weighted by Crippen LogP contribution is 2.29. The maximum Gasteiger partial charge on any atom is 0.261 e. The highest BCUT2D eigenvalue weighted by molar-refractivity contribution is 7.20. The fraction of sp³-hybridized carbons (Fsp3) is 0.368. The lowest BCUT2D eigenvalue weighted by Crippen LogP contribution is -2.45. The maximum absolute atomic E-state index is 12.6. The van der Waals surface area contributed by atoms with Gasteiger partial charge in [-0.3, -0.25) is 9.48 Å². The number of carbonyl (C=O) groups is 1. The molecular weight excluding hydrogens is 368 g/mol. The van der Waals surface area contributed by atoms with Crippen LogP contribution in [0.25, 0.3) is 10.2 Å². The smallest absolute Gasteiger partial charge is 0.261 e. The summed E-state index contributed by atoms with van der Waals surface area (Å²) in [6.45, 7) is 4.45. The first-order valence-electron chi connectivity index (χ1n) is 8.84. The van der Waals surface area contributed by atoms with Crippen molar-refractivity contribution in [2.24, 2.45) is 0 Å². The van der Waals surface area contributed by atoms with Crippen molar-refractivity contribution in [3.63, 3.8) is 0 Å². The second kappa shape index (κ2) is 7.39. The van der Waals surface area contributed by atoms with Gasteiger partial charge in [0.1, 0.15) is 4.83 Å². The predicted molar refractivity (Wildman–Crippen MR) is 106 cm³/mol. The summed E-state index contributed by atoms with van der Waals surface area (Å²) in [6.07, 6.45) is 2.13. The molecule has 0 aliphatic carbocycles. The molecule has 7 heteroatoms. The molecule has 0 spiro atoms. The van der Waals surface area contributed by atoms with Gasteiger partial charge in [-0.2, -0.15) is 5.10 Å². The Balaban J connectivity index is 1.59. The zero-order valence-corrected chi connectivity index (χ0v) is 16.2. The van der Waals surface area contributed by atoms with E-state index in [4.69, 9.17) is 11.6 Å². The summed E-state index contributed by atoms with van der Waals surface area (Å²) in [5.74, 6) is 0.00333. The molecule has 0 bridgehead atoms. The third-order valence-corrected chi connectivity index (χ3v) is 6.26. The lowest BCUT2D eigenvalue weighted by Gasteiger charge is -2.23. The van der Waals surface area contributed by atoms with Crippen LogP contribution >= 0.6 is 22.9 Å². The number of hydrogen-bond donors (Lipinski definition) is 2. The number of thiophene rings is 1. The first kappa shape index (κ1) is 17.5. The SMILES string of the molecule is Cc1nn(Cc2ccccc2Cl)c2sc(C(=O)N[C@H]3CCCNC3)cc12. The molecule has 3 heterocycles. The Kier molecular flexibility index (Phi) is 4.98. The lowest BCUT2D eigenvalue weighted by molar-refractivity contribution is 0.0935. The van der Waals surface area contributed by atoms with Crippen molar-refractivity contribution in [3.05, 3.63) is 51.5 Å². The second-order valence-corrected chi connectivity index (χ2v) is 8.12. The molecule has 26 heavy (non-hydrogen) atoms. The molecule has 5 nitrogen and oxygen atoms in total. The number of rotatable bonds is 4. The third-order valence-electron chi connectivity index (χ3n) is 4.74. The summed E-state index contributed by atoms with van der Waals surface area (Å²) in [7, 11) is 0. The largest absolute Gasteiger partial charge is 0.347 e. The highest BCUT2D eigenvalue weighted by atomic mass is 35.5. The number of benzene rings is 1. The van der Waals surface area contributed by atoms with E-state index in [9.17, 15) is 4.79 Å². The monoisotopic (exact) mass is 388 g/mol. The molecular formula is C19H21ClN4OS. The van der Waals surface area contributed by atoms with E-state index in [-0.39, 0.29) is 11.9 Å². The van der Waals surface area contributed by atoms with Crippen molar-refractivity contribution in [2.75, 3.05) is 13.1 Å². The van der Waals surface area contributed by atoms with Gasteiger partial charge < -0.3 is 10.6 Å². The van der Waals surface area contributed by atoms with Gasteiger partial charge in [0, 0.05) is 23.0 Å². The Morgan fingerprint density at radius 1 is 1.46 bits per heavy atom. The average molecular weight is 389 g/mol. The van der Waals surface area contributed by atoms with Gasteiger partial charge in [-0.15, -0.1) is 11.3 Å². The number of carbonyl (C=O) groups excluding carboxylic acids is 1. The van der Waals surface area contributed by atoms with E-state index in [0.717, 1.165) is 57.3 Å². The van der Waals surface area contributed by atoms with E-state index in [1.165, 1.54) is 11.3 Å². The van der Waals surface area contributed by atoms with Crippen molar-refractivity contribution in [1.29, 1.82) is 0 Å². The number of hydrogen-bond acceptors (Lipinski definition) is 4. The van der Waals surface area contributed by atoms with Gasteiger partial charge in [0.05, 0.1) is 17.1 Å². The molecule has 0 saturated carbocycles. The molecule has 0 radical (unpaired) electrons. The summed E-state index contributed by atoms with van der Waals surface area (Å²) in [6, 6.07) is 9.95. The molecule has 1 atom stereocenters. The van der Waals surface area contributed by atoms with Crippen molar-refractivity contribution in [3.8, 4) is 0 Å². The fourth-order valence-corrected chi connectivity index (χ4v) is 4.61. The number of nitrogens with zero attached hydrogens (tertiary/aromatic N) is 2. The molecule has 136 valence electrons. The van der Waals surface area contributed by atoms with Crippen LogP contribution in [0.4, 0.5) is 0 Å². The van der Waals surface area contributed by atoms with Crippen molar-refractivity contribution < 1.29 is 4.79 Å². The van der Waals surface area contributed by atoms with Crippen LogP contribution in [0.5, 0.6) is 0 Å². The highest BCUT2D eigenvalue weighted by Gasteiger charge is 2.20. The maximum atomic E-state index is 12.6. The first-order chi connectivity index (χ1) is 12.6. The Morgan fingerprint density at radius 2 is 2.31 bits per heavy atom. The van der Waals surface area contributed by atoms with E-state index < -0.39 is 0 Å². The number of aryl methyl sites for hydroxylation is 1. The van der Waals surface area contributed by atoms with Crippen molar-refractivity contribution in [1.82, 2.24) is 20.4 Å². The zero-order chi connectivity index (χ0) is 18.1. The molecule has 0 unspecified atom stereocenters. The topological polar surface area (TPSA) is 59.0 Å². The normalized spacial score (nSPS) is 17.5. The minimum atomic E-state index is 0.00333. The van der Waals surface area contributed by atoms with E-state index >= 15 is 0 Å². The molecule has 1 aliphatic rings. The Morgan fingerprint density at radius 3 is 3.08 bits per heavy atom. The molecule has 1 fully saturated rings. The molecule has 3 aromatic rings. The standard InChI is InChI=1S/C19H21ClN4OS/c1-12-15-9-17(18(25)22-14-6-4-8-21-10-14)26-19(15)24(23-12)11-13-5-2-3-7-16(13)20/h2-3,5,7,9,14,21H,4,6,8,10-11H2,1H3,(H,22,25)/t14-/m0/s1. The number of amides is 1. The van der Waals surface area contributed by atoms with Crippen LogP contribution in [0.1, 0.15) is 33.8 Å². The fourth-order valence-electron chi connectivity index (χ4n) is 3.35. The third kappa shape index (κ3) is 3.49. The van der Waals surface area contributed by atoms with E-state index in [2.05, 4.69) is 15.7 Å². The predicted octanol–water partition coefficient (Wildman–Crippen LogP) is 3.59. The van der Waals surface area contributed by atoms with Crippen molar-refractivity contribution in [2.45, 2.75) is 32.4 Å². The first-order valence-corrected chi connectivity index (χ1v) is 10.0. The summed E-state index contributed by atoms with van der Waals surface area (Å²) < 4.78 is 1.94. The molecule has 1 aromatic carbocycles. The van der Waals surface area contributed by atoms with Gasteiger partial charge in [0.2, 0.25) is 0 Å². The van der Waals surface area contributed by atoms with E-state index in [1.54, 1.807) is 0 Å². The van der Waals surface area contributed by atoms with E-state index in [1.807, 2.05) is 41.9 Å². The van der Waals surface area contributed by atoms with Gasteiger partial charge in [-0.25, -0.2) is 0 Å². The molecule has 1 amide bonds. The number of halogens is 1. The number of nitrogens with one attached hydrogen (secondary N) is 2. The van der Waals surface area contributed by atoms with Gasteiger partial charge in [-0.05, 0) is 44.0 Å².